The number of carbonyl (C=O) groups is 1. The van der Waals surface area contributed by atoms with Gasteiger partial charge >= 0.3 is 0 Å². The molecular weight excluding hydrogens is 428 g/mol. The predicted octanol–water partition coefficient (Wildman–Crippen LogP) is 5.10. The number of hydrogen-bond donors (Lipinski definition) is 1. The maximum absolute atomic E-state index is 12.0. The fourth-order valence-corrected chi connectivity index (χ4v) is 3.32. The van der Waals surface area contributed by atoms with Gasteiger partial charge in [-0.25, -0.2) is 4.99 Å². The van der Waals surface area contributed by atoms with Crippen molar-refractivity contribution in [1.82, 2.24) is 5.32 Å². The summed E-state index contributed by atoms with van der Waals surface area (Å²) < 4.78 is 1.90. The molecule has 1 N–H and O–H groups in total. The van der Waals surface area contributed by atoms with E-state index in [0.717, 1.165) is 20.2 Å². The minimum atomic E-state index is -0.126. The smallest absolute Gasteiger partial charge is 0.264 e. The Kier molecular flexibility index (Phi) is 4.81. The van der Waals surface area contributed by atoms with Crippen LogP contribution in [0.3, 0.4) is 0 Å². The van der Waals surface area contributed by atoms with E-state index in [9.17, 15) is 4.79 Å². The molecule has 0 atom stereocenters. The summed E-state index contributed by atoms with van der Waals surface area (Å²) in [6, 6.07) is 15.4. The highest BCUT2D eigenvalue weighted by atomic mass is 79.9. The number of rotatable bonds is 2. The molecule has 1 amide bonds. The van der Waals surface area contributed by atoms with E-state index in [1.807, 2.05) is 54.6 Å². The molecule has 0 radical (unpaired) electrons. The molecule has 0 aliphatic carbocycles. The lowest BCUT2D eigenvalue weighted by atomic mass is 10.2. The minimum Gasteiger partial charge on any atom is -0.300 e. The maximum atomic E-state index is 12.0. The number of halogens is 2. The summed E-state index contributed by atoms with van der Waals surface area (Å²) in [6.45, 7) is 0. The number of nitrogens with zero attached hydrogens (tertiary/aromatic N) is 1. The number of nitrogens with one attached hydrogen (secondary N) is 1. The zero-order valence-electron chi connectivity index (χ0n) is 11.2. The van der Waals surface area contributed by atoms with E-state index in [1.54, 1.807) is 0 Å². The Morgan fingerprint density at radius 3 is 2.50 bits per heavy atom. The van der Waals surface area contributed by atoms with Crippen molar-refractivity contribution in [2.75, 3.05) is 0 Å². The Balaban J connectivity index is 1.84. The standard InChI is InChI=1S/C16H10Br2N2OS/c17-11-7-5-10(6-8-11)9-14-15(21)20-16(22-14)19-13-4-2-1-3-12(13)18/h1-9H,(H,19,20,21)/b14-9+. The Morgan fingerprint density at radius 1 is 1.05 bits per heavy atom. The van der Waals surface area contributed by atoms with E-state index in [2.05, 4.69) is 42.2 Å². The van der Waals surface area contributed by atoms with Crippen molar-refractivity contribution in [2.24, 2.45) is 4.99 Å². The van der Waals surface area contributed by atoms with Crippen molar-refractivity contribution in [3.8, 4) is 0 Å². The predicted molar refractivity (Wildman–Crippen MR) is 99.1 cm³/mol. The zero-order valence-corrected chi connectivity index (χ0v) is 15.2. The second kappa shape index (κ2) is 6.81. The fraction of sp³-hybridized carbons (Fsp3) is 0. The van der Waals surface area contributed by atoms with Crippen LogP contribution >= 0.6 is 43.6 Å². The first-order valence-corrected chi connectivity index (χ1v) is 8.82. The van der Waals surface area contributed by atoms with E-state index in [1.165, 1.54) is 11.8 Å². The lowest BCUT2D eigenvalue weighted by Gasteiger charge is -1.98. The average molecular weight is 438 g/mol. The topological polar surface area (TPSA) is 41.5 Å². The van der Waals surface area contributed by atoms with Gasteiger partial charge < -0.3 is 5.32 Å². The average Bonchev–Trinajstić information content (AvgIpc) is 2.84. The molecular formula is C16H10Br2N2OS. The molecule has 3 nitrogen and oxygen atoms in total. The number of para-hydroxylation sites is 1. The highest BCUT2D eigenvalue weighted by Crippen LogP contribution is 2.31. The summed E-state index contributed by atoms with van der Waals surface area (Å²) in [6.07, 6.45) is 1.86. The van der Waals surface area contributed by atoms with Crippen molar-refractivity contribution in [3.63, 3.8) is 0 Å². The number of amides is 1. The van der Waals surface area contributed by atoms with Gasteiger partial charge in [-0.3, -0.25) is 4.79 Å². The van der Waals surface area contributed by atoms with E-state index in [-0.39, 0.29) is 5.91 Å². The van der Waals surface area contributed by atoms with Crippen molar-refractivity contribution in [2.45, 2.75) is 0 Å². The summed E-state index contributed by atoms with van der Waals surface area (Å²) in [7, 11) is 0. The molecule has 0 saturated carbocycles. The van der Waals surface area contributed by atoms with Crippen molar-refractivity contribution in [3.05, 3.63) is 67.9 Å². The van der Waals surface area contributed by atoms with Crippen molar-refractivity contribution >= 4 is 66.5 Å². The van der Waals surface area contributed by atoms with Gasteiger partial charge in [-0.15, -0.1) is 0 Å². The Bertz CT molecular complexity index is 785. The van der Waals surface area contributed by atoms with E-state index in [0.29, 0.717) is 10.1 Å². The van der Waals surface area contributed by atoms with Crippen LogP contribution in [0.4, 0.5) is 5.69 Å². The van der Waals surface area contributed by atoms with E-state index < -0.39 is 0 Å². The Morgan fingerprint density at radius 2 is 1.77 bits per heavy atom. The summed E-state index contributed by atoms with van der Waals surface area (Å²) >= 11 is 8.18. The summed E-state index contributed by atoms with van der Waals surface area (Å²) in [5, 5.41) is 3.37. The number of benzene rings is 2. The molecule has 1 saturated heterocycles. The fourth-order valence-electron chi connectivity index (χ4n) is 1.84. The third-order valence-corrected chi connectivity index (χ3v) is 5.00. The lowest BCUT2D eigenvalue weighted by molar-refractivity contribution is -0.115. The van der Waals surface area contributed by atoms with Gasteiger partial charge in [0.1, 0.15) is 0 Å². The van der Waals surface area contributed by atoms with Crippen LogP contribution in [-0.4, -0.2) is 11.1 Å². The molecule has 0 unspecified atom stereocenters. The highest BCUT2D eigenvalue weighted by molar-refractivity contribution is 9.10. The number of hydrogen-bond acceptors (Lipinski definition) is 3. The highest BCUT2D eigenvalue weighted by Gasteiger charge is 2.23. The van der Waals surface area contributed by atoms with Gasteiger partial charge in [0.2, 0.25) is 0 Å². The molecule has 1 aliphatic rings. The third kappa shape index (κ3) is 3.69. The number of thioether (sulfide) groups is 1. The first kappa shape index (κ1) is 15.5. The van der Waals surface area contributed by atoms with Gasteiger partial charge in [0.15, 0.2) is 5.17 Å². The van der Waals surface area contributed by atoms with Gasteiger partial charge in [0, 0.05) is 8.95 Å². The SMILES string of the molecule is O=C1NC(=Nc2ccccc2Br)S/C1=C/c1ccc(Br)cc1. The van der Waals surface area contributed by atoms with Crippen LogP contribution in [-0.2, 0) is 4.79 Å². The molecule has 2 aromatic rings. The van der Waals surface area contributed by atoms with Gasteiger partial charge in [-0.2, -0.15) is 0 Å². The number of amidine groups is 1. The molecule has 0 bridgehead atoms. The molecule has 0 spiro atoms. The van der Waals surface area contributed by atoms with E-state index in [4.69, 9.17) is 0 Å². The van der Waals surface area contributed by atoms with Crippen LogP contribution in [0.5, 0.6) is 0 Å². The quantitative estimate of drug-likeness (QED) is 0.663. The molecule has 1 aliphatic heterocycles. The summed E-state index contributed by atoms with van der Waals surface area (Å²) in [4.78, 5) is 17.1. The Hall–Kier alpha value is -1.37. The first-order chi connectivity index (χ1) is 10.6. The molecule has 3 rings (SSSR count). The number of aliphatic imine (C=N–C) groups is 1. The second-order valence-corrected chi connectivity index (χ2v) is 7.29. The lowest BCUT2D eigenvalue weighted by Crippen LogP contribution is -2.19. The van der Waals surface area contributed by atoms with Crippen molar-refractivity contribution < 1.29 is 4.79 Å². The van der Waals surface area contributed by atoms with Crippen LogP contribution in [0.25, 0.3) is 6.08 Å². The molecule has 1 heterocycles. The number of carbonyl (C=O) groups excluding carboxylic acids is 1. The monoisotopic (exact) mass is 436 g/mol. The molecule has 2 aromatic carbocycles. The third-order valence-electron chi connectivity index (χ3n) is 2.89. The molecule has 1 fully saturated rings. The van der Waals surface area contributed by atoms with Crippen LogP contribution in [0.1, 0.15) is 5.56 Å². The van der Waals surface area contributed by atoms with Gasteiger partial charge in [-0.1, -0.05) is 40.2 Å². The first-order valence-electron chi connectivity index (χ1n) is 6.41. The van der Waals surface area contributed by atoms with Gasteiger partial charge in [0.25, 0.3) is 5.91 Å². The minimum absolute atomic E-state index is 0.126. The van der Waals surface area contributed by atoms with Crippen LogP contribution in [0.15, 0.2) is 67.4 Å². The van der Waals surface area contributed by atoms with Gasteiger partial charge in [-0.05, 0) is 63.6 Å². The van der Waals surface area contributed by atoms with Crippen LogP contribution in [0, 0.1) is 0 Å². The van der Waals surface area contributed by atoms with Crippen LogP contribution < -0.4 is 5.32 Å². The Labute approximate surface area is 149 Å². The maximum Gasteiger partial charge on any atom is 0.264 e. The summed E-state index contributed by atoms with van der Waals surface area (Å²) in [5.74, 6) is -0.126. The van der Waals surface area contributed by atoms with Crippen LogP contribution in [0.2, 0.25) is 0 Å². The molecule has 0 aromatic heterocycles. The van der Waals surface area contributed by atoms with E-state index >= 15 is 0 Å². The van der Waals surface area contributed by atoms with Crippen molar-refractivity contribution in [1.29, 1.82) is 0 Å². The molecule has 22 heavy (non-hydrogen) atoms. The zero-order chi connectivity index (χ0) is 15.5. The normalized spacial score (nSPS) is 18.0. The van der Waals surface area contributed by atoms with Gasteiger partial charge in [0.05, 0.1) is 10.6 Å². The second-order valence-electron chi connectivity index (χ2n) is 4.48. The molecule has 6 heteroatoms. The summed E-state index contributed by atoms with van der Waals surface area (Å²) in [5.41, 5.74) is 1.76. The largest absolute Gasteiger partial charge is 0.300 e. The molecule has 110 valence electrons.